The van der Waals surface area contributed by atoms with Crippen molar-refractivity contribution in [2.45, 2.75) is 42.4 Å². The molecule has 0 spiro atoms. The zero-order chi connectivity index (χ0) is 18.6. The highest BCUT2D eigenvalue weighted by atomic mass is 32.2. The maximum atomic E-state index is 12.8. The van der Waals surface area contributed by atoms with E-state index in [0.717, 1.165) is 43.2 Å². The molecule has 6 heteroatoms. The lowest BCUT2D eigenvalue weighted by molar-refractivity contribution is -0.129. The zero-order valence-electron chi connectivity index (χ0n) is 14.9. The molecule has 0 atom stereocenters. The third-order valence-corrected chi connectivity index (χ3v) is 6.26. The second-order valence-electron chi connectivity index (χ2n) is 6.95. The Hall–Kier alpha value is -2.21. The van der Waals surface area contributed by atoms with E-state index < -0.39 is 15.3 Å². The molecule has 1 aliphatic carbocycles. The summed E-state index contributed by atoms with van der Waals surface area (Å²) in [5, 5.41) is 3.06. The van der Waals surface area contributed by atoms with Crippen LogP contribution in [-0.4, -0.2) is 32.1 Å². The van der Waals surface area contributed by atoms with Crippen molar-refractivity contribution in [1.82, 2.24) is 10.3 Å². The molecule has 3 rings (SSSR count). The number of amides is 1. The summed E-state index contributed by atoms with van der Waals surface area (Å²) in [6.45, 7) is 0.622. The standard InChI is InChI=1S/C20H24N2O3S/c1-26(24,25)18-9-7-17(8-10-18)20(11-4-12-20)19(23)22-14-3-6-16-5-2-13-21-15-16/h2,5,7-10,13,15H,3-4,6,11-12,14H2,1H3,(H,22,23). The van der Waals surface area contributed by atoms with Gasteiger partial charge in [0.2, 0.25) is 5.91 Å². The molecule has 0 radical (unpaired) electrons. The number of rotatable bonds is 7. The average molecular weight is 372 g/mol. The molecule has 26 heavy (non-hydrogen) atoms. The number of benzene rings is 1. The van der Waals surface area contributed by atoms with Crippen LogP contribution < -0.4 is 5.32 Å². The quantitative estimate of drug-likeness (QED) is 0.758. The van der Waals surface area contributed by atoms with Gasteiger partial charge in [-0.25, -0.2) is 8.42 Å². The van der Waals surface area contributed by atoms with Gasteiger partial charge in [0.05, 0.1) is 10.3 Å². The third kappa shape index (κ3) is 3.96. The molecule has 1 aromatic heterocycles. The predicted molar refractivity (Wildman–Crippen MR) is 101 cm³/mol. The number of sulfone groups is 1. The Morgan fingerprint density at radius 2 is 1.92 bits per heavy atom. The number of hydrogen-bond donors (Lipinski definition) is 1. The Balaban J connectivity index is 1.61. The van der Waals surface area contributed by atoms with Crippen LogP contribution in [0.1, 0.15) is 36.8 Å². The average Bonchev–Trinajstić information content (AvgIpc) is 2.58. The number of carbonyl (C=O) groups is 1. The summed E-state index contributed by atoms with van der Waals surface area (Å²) in [5.41, 5.74) is 1.56. The summed E-state index contributed by atoms with van der Waals surface area (Å²) in [6, 6.07) is 10.7. The molecule has 138 valence electrons. The summed E-state index contributed by atoms with van der Waals surface area (Å²) >= 11 is 0. The lowest BCUT2D eigenvalue weighted by Crippen LogP contribution is -2.49. The van der Waals surface area contributed by atoms with E-state index in [1.165, 1.54) is 6.26 Å². The van der Waals surface area contributed by atoms with Gasteiger partial charge in [-0.1, -0.05) is 24.6 Å². The van der Waals surface area contributed by atoms with E-state index in [1.807, 2.05) is 18.3 Å². The molecule has 1 aliphatic rings. The first-order valence-electron chi connectivity index (χ1n) is 8.90. The van der Waals surface area contributed by atoms with Crippen LogP contribution in [-0.2, 0) is 26.5 Å². The van der Waals surface area contributed by atoms with E-state index in [-0.39, 0.29) is 10.8 Å². The lowest BCUT2D eigenvalue weighted by atomic mass is 9.64. The largest absolute Gasteiger partial charge is 0.355 e. The monoisotopic (exact) mass is 372 g/mol. The minimum absolute atomic E-state index is 0.0436. The summed E-state index contributed by atoms with van der Waals surface area (Å²) in [4.78, 5) is 17.2. The van der Waals surface area contributed by atoms with Crippen molar-refractivity contribution in [3.63, 3.8) is 0 Å². The van der Waals surface area contributed by atoms with Gasteiger partial charge >= 0.3 is 0 Å². The molecule has 1 aromatic carbocycles. The third-order valence-electron chi connectivity index (χ3n) is 5.13. The highest BCUT2D eigenvalue weighted by Crippen LogP contribution is 2.44. The number of aromatic nitrogens is 1. The van der Waals surface area contributed by atoms with Gasteiger partial charge in [0, 0.05) is 25.2 Å². The second kappa shape index (κ2) is 7.58. The van der Waals surface area contributed by atoms with Gasteiger partial charge in [-0.15, -0.1) is 0 Å². The molecule has 0 unspecified atom stereocenters. The van der Waals surface area contributed by atoms with Gasteiger partial charge in [0.1, 0.15) is 0 Å². The van der Waals surface area contributed by atoms with Crippen molar-refractivity contribution in [2.24, 2.45) is 0 Å². The first-order valence-corrected chi connectivity index (χ1v) is 10.8. The van der Waals surface area contributed by atoms with Crippen molar-refractivity contribution in [1.29, 1.82) is 0 Å². The normalized spacial score (nSPS) is 15.9. The topological polar surface area (TPSA) is 76.1 Å². The molecular weight excluding hydrogens is 348 g/mol. The molecule has 1 saturated carbocycles. The second-order valence-corrected chi connectivity index (χ2v) is 8.97. The number of nitrogens with zero attached hydrogens (tertiary/aromatic N) is 1. The van der Waals surface area contributed by atoms with Gasteiger partial charge in [-0.2, -0.15) is 0 Å². The fourth-order valence-corrected chi connectivity index (χ4v) is 4.04. The fourth-order valence-electron chi connectivity index (χ4n) is 3.41. The fraction of sp³-hybridized carbons (Fsp3) is 0.400. The lowest BCUT2D eigenvalue weighted by Gasteiger charge is -2.40. The predicted octanol–water partition coefficient (Wildman–Crippen LogP) is 2.66. The molecule has 1 amide bonds. The van der Waals surface area contributed by atoms with Crippen LogP contribution in [0.2, 0.25) is 0 Å². The number of pyridine rings is 1. The minimum atomic E-state index is -3.22. The zero-order valence-corrected chi connectivity index (χ0v) is 15.8. The van der Waals surface area contributed by atoms with E-state index in [2.05, 4.69) is 10.3 Å². The first kappa shape index (κ1) is 18.6. The molecule has 5 nitrogen and oxygen atoms in total. The Morgan fingerprint density at radius 3 is 2.46 bits per heavy atom. The van der Waals surface area contributed by atoms with Crippen LogP contribution in [0.15, 0.2) is 53.7 Å². The smallest absolute Gasteiger partial charge is 0.230 e. The van der Waals surface area contributed by atoms with Crippen LogP contribution in [0, 0.1) is 0 Å². The van der Waals surface area contributed by atoms with Crippen LogP contribution >= 0.6 is 0 Å². The van der Waals surface area contributed by atoms with E-state index in [9.17, 15) is 13.2 Å². The van der Waals surface area contributed by atoms with Crippen LogP contribution in [0.5, 0.6) is 0 Å². The van der Waals surface area contributed by atoms with Gasteiger partial charge in [0.25, 0.3) is 0 Å². The molecule has 1 heterocycles. The van der Waals surface area contributed by atoms with E-state index in [1.54, 1.807) is 30.5 Å². The molecule has 1 fully saturated rings. The SMILES string of the molecule is CS(=O)(=O)c1ccc(C2(C(=O)NCCCc3cccnc3)CCC2)cc1. The van der Waals surface area contributed by atoms with Crippen molar-refractivity contribution in [2.75, 3.05) is 12.8 Å². The summed E-state index contributed by atoms with van der Waals surface area (Å²) in [5.74, 6) is 0.0436. The van der Waals surface area contributed by atoms with Crippen molar-refractivity contribution in [3.05, 3.63) is 59.9 Å². The number of carbonyl (C=O) groups excluding carboxylic acids is 1. The van der Waals surface area contributed by atoms with Crippen molar-refractivity contribution < 1.29 is 13.2 Å². The van der Waals surface area contributed by atoms with Gasteiger partial charge in [-0.05, 0) is 55.0 Å². The molecule has 1 N–H and O–H groups in total. The maximum Gasteiger partial charge on any atom is 0.230 e. The number of nitrogens with one attached hydrogen (secondary N) is 1. The summed E-state index contributed by atoms with van der Waals surface area (Å²) in [6.07, 6.45) is 9.15. The minimum Gasteiger partial charge on any atom is -0.355 e. The van der Waals surface area contributed by atoms with E-state index >= 15 is 0 Å². The van der Waals surface area contributed by atoms with E-state index in [0.29, 0.717) is 6.54 Å². The molecule has 0 bridgehead atoms. The van der Waals surface area contributed by atoms with Gasteiger partial charge in [0.15, 0.2) is 9.84 Å². The molecule has 2 aromatic rings. The van der Waals surface area contributed by atoms with Crippen LogP contribution in [0.3, 0.4) is 0 Å². The first-order chi connectivity index (χ1) is 12.4. The number of aryl methyl sites for hydroxylation is 1. The Morgan fingerprint density at radius 1 is 1.19 bits per heavy atom. The van der Waals surface area contributed by atoms with Gasteiger partial charge in [-0.3, -0.25) is 9.78 Å². The van der Waals surface area contributed by atoms with Gasteiger partial charge < -0.3 is 5.32 Å². The Labute approximate surface area is 154 Å². The molecule has 0 saturated heterocycles. The maximum absolute atomic E-state index is 12.8. The number of hydrogen-bond acceptors (Lipinski definition) is 4. The van der Waals surface area contributed by atoms with Crippen molar-refractivity contribution >= 4 is 15.7 Å². The van der Waals surface area contributed by atoms with Crippen LogP contribution in [0.4, 0.5) is 0 Å². The Bertz CT molecular complexity index is 858. The highest BCUT2D eigenvalue weighted by molar-refractivity contribution is 7.90. The van der Waals surface area contributed by atoms with Crippen molar-refractivity contribution in [3.8, 4) is 0 Å². The molecular formula is C20H24N2O3S. The van der Waals surface area contributed by atoms with Crippen LogP contribution in [0.25, 0.3) is 0 Å². The highest BCUT2D eigenvalue weighted by Gasteiger charge is 2.45. The van der Waals surface area contributed by atoms with E-state index in [4.69, 9.17) is 0 Å². The molecule has 0 aliphatic heterocycles. The summed E-state index contributed by atoms with van der Waals surface area (Å²) in [7, 11) is -3.22. The summed E-state index contributed by atoms with van der Waals surface area (Å²) < 4.78 is 23.2. The Kier molecular flexibility index (Phi) is 5.41.